The average molecular weight is 497 g/mol. The molecular formula is C31H32N2O2S. The van der Waals surface area contributed by atoms with E-state index in [-0.39, 0.29) is 0 Å². The van der Waals surface area contributed by atoms with Gasteiger partial charge in [-0.15, -0.1) is 0 Å². The molecule has 0 N–H and O–H groups in total. The van der Waals surface area contributed by atoms with Gasteiger partial charge < -0.3 is 9.80 Å². The molecule has 0 aliphatic heterocycles. The maximum absolute atomic E-state index is 13.1. The van der Waals surface area contributed by atoms with Gasteiger partial charge in [-0.25, -0.2) is 8.42 Å². The molecule has 0 unspecified atom stereocenters. The fourth-order valence-electron chi connectivity index (χ4n) is 4.19. The highest BCUT2D eigenvalue weighted by atomic mass is 32.2. The summed E-state index contributed by atoms with van der Waals surface area (Å²) in [6.45, 7) is 0. The number of rotatable bonds is 7. The van der Waals surface area contributed by atoms with E-state index < -0.39 is 9.84 Å². The lowest BCUT2D eigenvalue weighted by atomic mass is 9.98. The van der Waals surface area contributed by atoms with Crippen molar-refractivity contribution in [1.82, 2.24) is 0 Å². The van der Waals surface area contributed by atoms with Crippen LogP contribution in [0.2, 0.25) is 0 Å². The molecule has 0 heterocycles. The molecule has 0 bridgehead atoms. The summed E-state index contributed by atoms with van der Waals surface area (Å²) < 4.78 is 26.1. The SMILES string of the molecule is CN(C)c1ccc(C=Cc2cc3ccccc3c(S(C)(=O)=O)c2C=Cc2ccc(N(C)C)cc2)cc1. The van der Waals surface area contributed by atoms with Gasteiger partial charge in [0, 0.05) is 56.8 Å². The predicted molar refractivity (Wildman–Crippen MR) is 156 cm³/mol. The largest absolute Gasteiger partial charge is 0.378 e. The van der Waals surface area contributed by atoms with Gasteiger partial charge in [-0.1, -0.05) is 72.8 Å². The van der Waals surface area contributed by atoms with E-state index in [2.05, 4.69) is 47.4 Å². The minimum Gasteiger partial charge on any atom is -0.378 e. The fourth-order valence-corrected chi connectivity index (χ4v) is 5.36. The molecule has 4 nitrogen and oxygen atoms in total. The Morgan fingerprint density at radius 3 is 1.64 bits per heavy atom. The Balaban J connectivity index is 1.85. The summed E-state index contributed by atoms with van der Waals surface area (Å²) in [5.74, 6) is 0. The number of hydrogen-bond acceptors (Lipinski definition) is 4. The molecule has 4 rings (SSSR count). The number of nitrogens with zero attached hydrogens (tertiary/aromatic N) is 2. The summed E-state index contributed by atoms with van der Waals surface area (Å²) in [7, 11) is 4.54. The molecule has 0 radical (unpaired) electrons. The summed E-state index contributed by atoms with van der Waals surface area (Å²) >= 11 is 0. The number of anilines is 2. The van der Waals surface area contributed by atoms with Gasteiger partial charge in [0.15, 0.2) is 9.84 Å². The molecule has 0 aliphatic rings. The van der Waals surface area contributed by atoms with Gasteiger partial charge >= 0.3 is 0 Å². The minimum absolute atomic E-state index is 0.351. The Labute approximate surface area is 214 Å². The Morgan fingerprint density at radius 1 is 0.639 bits per heavy atom. The Hall–Kier alpha value is -3.83. The topological polar surface area (TPSA) is 40.6 Å². The smallest absolute Gasteiger partial charge is 0.176 e. The van der Waals surface area contributed by atoms with Crippen molar-refractivity contribution in [1.29, 1.82) is 0 Å². The molecule has 184 valence electrons. The molecule has 0 spiro atoms. The van der Waals surface area contributed by atoms with E-state index in [1.54, 1.807) is 0 Å². The van der Waals surface area contributed by atoms with Gasteiger partial charge in [0.25, 0.3) is 0 Å². The van der Waals surface area contributed by atoms with Crippen molar-refractivity contribution in [3.63, 3.8) is 0 Å². The maximum Gasteiger partial charge on any atom is 0.176 e. The third-order valence-corrected chi connectivity index (χ3v) is 7.34. The highest BCUT2D eigenvalue weighted by Crippen LogP contribution is 2.33. The molecule has 5 heteroatoms. The number of hydrogen-bond donors (Lipinski definition) is 0. The van der Waals surface area contributed by atoms with E-state index in [1.165, 1.54) is 6.26 Å². The third-order valence-electron chi connectivity index (χ3n) is 6.16. The van der Waals surface area contributed by atoms with Crippen molar-refractivity contribution in [3.05, 3.63) is 101 Å². The lowest BCUT2D eigenvalue weighted by Crippen LogP contribution is -2.07. The van der Waals surface area contributed by atoms with Crippen LogP contribution in [-0.2, 0) is 9.84 Å². The molecule has 0 saturated carbocycles. The Bertz CT molecular complexity index is 1530. The summed E-state index contributed by atoms with van der Waals surface area (Å²) in [4.78, 5) is 4.46. The third kappa shape index (κ3) is 5.69. The van der Waals surface area contributed by atoms with Crippen LogP contribution in [0.15, 0.2) is 83.8 Å². The van der Waals surface area contributed by atoms with Crippen LogP contribution in [0.5, 0.6) is 0 Å². The van der Waals surface area contributed by atoms with Crippen molar-refractivity contribution in [2.24, 2.45) is 0 Å². The van der Waals surface area contributed by atoms with Crippen LogP contribution < -0.4 is 9.80 Å². The standard InChI is InChI=1S/C31H32N2O2S/c1-32(2)27-17-11-23(12-18-27)10-16-26-22-25-8-6-7-9-29(25)31(36(5,34)35)30(26)21-15-24-13-19-28(20-14-24)33(3)4/h6-22H,1-5H3. The van der Waals surface area contributed by atoms with Crippen molar-refractivity contribution in [2.45, 2.75) is 4.90 Å². The molecule has 0 fully saturated rings. The first-order chi connectivity index (χ1) is 17.1. The normalized spacial score (nSPS) is 12.0. The molecule has 4 aromatic carbocycles. The van der Waals surface area contributed by atoms with Gasteiger partial charge in [-0.05, 0) is 52.4 Å². The zero-order valence-corrected chi connectivity index (χ0v) is 22.3. The molecule has 0 saturated heterocycles. The second-order valence-corrected chi connectivity index (χ2v) is 11.3. The van der Waals surface area contributed by atoms with Gasteiger partial charge in [0.2, 0.25) is 0 Å². The average Bonchev–Trinajstić information content (AvgIpc) is 2.85. The molecule has 0 aromatic heterocycles. The highest BCUT2D eigenvalue weighted by molar-refractivity contribution is 7.91. The van der Waals surface area contributed by atoms with Crippen LogP contribution in [-0.4, -0.2) is 42.9 Å². The van der Waals surface area contributed by atoms with Crippen LogP contribution in [0.4, 0.5) is 11.4 Å². The molecule has 0 aliphatic carbocycles. The second-order valence-electron chi connectivity index (χ2n) is 9.34. The lowest BCUT2D eigenvalue weighted by Gasteiger charge is -2.14. The zero-order chi connectivity index (χ0) is 25.9. The first-order valence-electron chi connectivity index (χ1n) is 11.8. The van der Waals surface area contributed by atoms with Crippen molar-refractivity contribution >= 4 is 56.3 Å². The van der Waals surface area contributed by atoms with Gasteiger partial charge in [-0.2, -0.15) is 0 Å². The number of benzene rings is 4. The first kappa shape index (κ1) is 25.3. The first-order valence-corrected chi connectivity index (χ1v) is 13.7. The van der Waals surface area contributed by atoms with Crippen molar-refractivity contribution < 1.29 is 8.42 Å². The maximum atomic E-state index is 13.1. The number of fused-ring (bicyclic) bond motifs is 1. The Kier molecular flexibility index (Phi) is 7.32. The number of sulfone groups is 1. The predicted octanol–water partition coefficient (Wildman–Crippen LogP) is 6.72. The van der Waals surface area contributed by atoms with Gasteiger partial charge in [0.05, 0.1) is 4.90 Å². The minimum atomic E-state index is -3.50. The van der Waals surface area contributed by atoms with E-state index in [4.69, 9.17) is 0 Å². The van der Waals surface area contributed by atoms with Crippen molar-refractivity contribution in [2.75, 3.05) is 44.2 Å². The van der Waals surface area contributed by atoms with Crippen LogP contribution in [0.1, 0.15) is 22.3 Å². The van der Waals surface area contributed by atoms with Crippen molar-refractivity contribution in [3.8, 4) is 0 Å². The van der Waals surface area contributed by atoms with Gasteiger partial charge in [-0.3, -0.25) is 0 Å². The summed E-state index contributed by atoms with van der Waals surface area (Å²) in [6.07, 6.45) is 9.20. The molecule has 0 atom stereocenters. The van der Waals surface area contributed by atoms with Crippen LogP contribution >= 0.6 is 0 Å². The molecule has 0 amide bonds. The van der Waals surface area contributed by atoms with E-state index in [9.17, 15) is 8.42 Å². The molecule has 4 aromatic rings. The summed E-state index contributed by atoms with van der Waals surface area (Å²) in [5, 5.41) is 1.63. The zero-order valence-electron chi connectivity index (χ0n) is 21.4. The second kappa shape index (κ2) is 10.4. The quantitative estimate of drug-likeness (QED) is 0.267. The molecular weight excluding hydrogens is 464 g/mol. The monoisotopic (exact) mass is 496 g/mol. The highest BCUT2D eigenvalue weighted by Gasteiger charge is 2.19. The van der Waals surface area contributed by atoms with E-state index in [0.29, 0.717) is 10.5 Å². The van der Waals surface area contributed by atoms with Gasteiger partial charge in [0.1, 0.15) is 0 Å². The van der Waals surface area contributed by atoms with Crippen LogP contribution in [0.25, 0.3) is 35.1 Å². The van der Waals surface area contributed by atoms with E-state index in [1.807, 2.05) is 93.8 Å². The fraction of sp³-hybridized carbons (Fsp3) is 0.161. The van der Waals surface area contributed by atoms with Crippen LogP contribution in [0.3, 0.4) is 0 Å². The van der Waals surface area contributed by atoms with Crippen LogP contribution in [0, 0.1) is 0 Å². The van der Waals surface area contributed by atoms with E-state index >= 15 is 0 Å². The Morgan fingerprint density at radius 2 is 1.14 bits per heavy atom. The summed E-state index contributed by atoms with van der Waals surface area (Å²) in [5.41, 5.74) is 5.83. The molecule has 36 heavy (non-hydrogen) atoms. The summed E-state index contributed by atoms with van der Waals surface area (Å²) in [6, 6.07) is 26.1. The lowest BCUT2D eigenvalue weighted by molar-refractivity contribution is 0.602. The van der Waals surface area contributed by atoms with E-state index in [0.717, 1.165) is 38.8 Å².